The lowest BCUT2D eigenvalue weighted by atomic mass is 10.0. The minimum Gasteiger partial charge on any atom is -0.505 e. The van der Waals surface area contributed by atoms with Crippen molar-refractivity contribution < 1.29 is 23.1 Å². The Morgan fingerprint density at radius 2 is 1.76 bits per heavy atom. The second-order valence-corrected chi connectivity index (χ2v) is 9.32. The molecule has 4 rings (SSSR count). The first-order valence-electron chi connectivity index (χ1n) is 8.71. The molecule has 2 aliphatic heterocycles. The molecule has 10 heteroatoms. The van der Waals surface area contributed by atoms with Crippen molar-refractivity contribution in [3.63, 3.8) is 0 Å². The number of phenols is 1. The fraction of sp³-hybridized carbons (Fsp3) is 0.211. The summed E-state index contributed by atoms with van der Waals surface area (Å²) in [6, 6.07) is 7.46. The van der Waals surface area contributed by atoms with E-state index in [0.717, 1.165) is 0 Å². The quantitative estimate of drug-likeness (QED) is 0.694. The molecule has 0 spiro atoms. The van der Waals surface area contributed by atoms with Crippen LogP contribution in [-0.2, 0) is 19.6 Å². The average Bonchev–Trinajstić information content (AvgIpc) is 3.01. The first-order chi connectivity index (χ1) is 13.8. The van der Waals surface area contributed by atoms with Crippen molar-refractivity contribution in [1.82, 2.24) is 4.31 Å². The molecule has 29 heavy (non-hydrogen) atoms. The average molecular weight is 455 g/mol. The molecule has 2 heterocycles. The summed E-state index contributed by atoms with van der Waals surface area (Å²) in [4.78, 5) is 12.6. The van der Waals surface area contributed by atoms with E-state index in [9.17, 15) is 18.3 Å². The van der Waals surface area contributed by atoms with E-state index in [1.54, 1.807) is 12.1 Å². The maximum atomic E-state index is 12.9. The first kappa shape index (κ1) is 20.2. The monoisotopic (exact) mass is 454 g/mol. The largest absolute Gasteiger partial charge is 0.505 e. The summed E-state index contributed by atoms with van der Waals surface area (Å²) in [5, 5.41) is 12.5. The number of ether oxygens (including phenoxy) is 1. The number of halogens is 2. The first-order valence-corrected chi connectivity index (χ1v) is 10.9. The van der Waals surface area contributed by atoms with Crippen LogP contribution in [0.25, 0.3) is 11.6 Å². The normalized spacial score (nSPS) is 18.7. The highest BCUT2D eigenvalue weighted by Gasteiger charge is 2.30. The molecule has 0 aromatic heterocycles. The van der Waals surface area contributed by atoms with Gasteiger partial charge >= 0.3 is 0 Å². The van der Waals surface area contributed by atoms with E-state index in [-0.39, 0.29) is 45.3 Å². The van der Waals surface area contributed by atoms with Crippen LogP contribution in [0, 0.1) is 0 Å². The van der Waals surface area contributed by atoms with E-state index in [1.807, 2.05) is 0 Å². The molecule has 0 atom stereocenters. The fourth-order valence-electron chi connectivity index (χ4n) is 3.24. The number of carbonyl (C=O) groups is 1. The summed E-state index contributed by atoms with van der Waals surface area (Å²) in [5.74, 6) is -0.619. The van der Waals surface area contributed by atoms with Crippen LogP contribution < -0.4 is 5.32 Å². The summed E-state index contributed by atoms with van der Waals surface area (Å²) in [6.45, 7) is 1.25. The third kappa shape index (κ3) is 3.74. The Kier molecular flexibility index (Phi) is 5.30. The highest BCUT2D eigenvalue weighted by atomic mass is 35.5. The van der Waals surface area contributed by atoms with Gasteiger partial charge in [0.25, 0.3) is 5.91 Å². The molecule has 0 aliphatic carbocycles. The van der Waals surface area contributed by atoms with Gasteiger partial charge in [-0.1, -0.05) is 23.2 Å². The van der Waals surface area contributed by atoms with Gasteiger partial charge in [0.1, 0.15) is 0 Å². The van der Waals surface area contributed by atoms with Gasteiger partial charge in [-0.15, -0.1) is 0 Å². The minimum absolute atomic E-state index is 0.0478. The van der Waals surface area contributed by atoms with Crippen molar-refractivity contribution in [2.45, 2.75) is 4.90 Å². The molecule has 1 amide bonds. The Hall–Kier alpha value is -2.10. The van der Waals surface area contributed by atoms with Gasteiger partial charge in [-0.3, -0.25) is 4.79 Å². The molecule has 0 radical (unpaired) electrons. The molecule has 1 fully saturated rings. The summed E-state index contributed by atoms with van der Waals surface area (Å²) >= 11 is 11.9. The van der Waals surface area contributed by atoms with Crippen molar-refractivity contribution in [3.8, 4) is 5.75 Å². The third-order valence-electron chi connectivity index (χ3n) is 4.73. The highest BCUT2D eigenvalue weighted by Crippen LogP contribution is 2.38. The molecule has 1 saturated heterocycles. The number of anilines is 1. The molecular formula is C19H16Cl2N2O5S. The molecular weight excluding hydrogens is 439 g/mol. The zero-order valence-electron chi connectivity index (χ0n) is 15.0. The molecule has 0 saturated carbocycles. The zero-order chi connectivity index (χ0) is 20.8. The SMILES string of the molecule is O=C1Nc2ccc(S(=O)(=O)N3CCOCC3)cc2C1=Cc1cc(Cl)c(O)c(Cl)c1. The van der Waals surface area contributed by atoms with E-state index < -0.39 is 10.0 Å². The van der Waals surface area contributed by atoms with Crippen LogP contribution in [0.2, 0.25) is 10.0 Å². The van der Waals surface area contributed by atoms with Crippen molar-refractivity contribution in [3.05, 3.63) is 51.5 Å². The number of phenolic OH excluding ortho intramolecular Hbond substituents is 1. The van der Waals surface area contributed by atoms with E-state index in [2.05, 4.69) is 5.32 Å². The van der Waals surface area contributed by atoms with Crippen LogP contribution >= 0.6 is 23.2 Å². The van der Waals surface area contributed by atoms with Crippen molar-refractivity contribution in [2.75, 3.05) is 31.6 Å². The zero-order valence-corrected chi connectivity index (χ0v) is 17.3. The number of benzene rings is 2. The number of rotatable bonds is 3. The highest BCUT2D eigenvalue weighted by molar-refractivity contribution is 7.89. The molecule has 0 unspecified atom stereocenters. The predicted octanol–water partition coefficient (Wildman–Crippen LogP) is 3.21. The lowest BCUT2D eigenvalue weighted by Crippen LogP contribution is -2.40. The van der Waals surface area contributed by atoms with Crippen molar-refractivity contribution >= 4 is 56.5 Å². The summed E-state index contributed by atoms with van der Waals surface area (Å²) in [5.41, 5.74) is 1.75. The maximum absolute atomic E-state index is 12.9. The van der Waals surface area contributed by atoms with Crippen LogP contribution in [0.1, 0.15) is 11.1 Å². The van der Waals surface area contributed by atoms with Gasteiger partial charge < -0.3 is 15.2 Å². The Morgan fingerprint density at radius 1 is 1.10 bits per heavy atom. The second kappa shape index (κ2) is 7.62. The Bertz CT molecular complexity index is 1120. The number of hydrogen-bond acceptors (Lipinski definition) is 5. The number of morpholine rings is 1. The lowest BCUT2D eigenvalue weighted by Gasteiger charge is -2.26. The number of hydrogen-bond donors (Lipinski definition) is 2. The minimum atomic E-state index is -3.70. The summed E-state index contributed by atoms with van der Waals surface area (Å²) in [6.07, 6.45) is 1.55. The second-order valence-electron chi connectivity index (χ2n) is 6.57. The van der Waals surface area contributed by atoms with Gasteiger partial charge in [-0.25, -0.2) is 8.42 Å². The lowest BCUT2D eigenvalue weighted by molar-refractivity contribution is -0.110. The number of amides is 1. The standard InChI is InChI=1S/C19H16Cl2N2O5S/c20-15-8-11(9-16(21)18(15)24)7-14-13-10-12(1-2-17(13)22-19(14)25)29(26,27)23-3-5-28-6-4-23/h1-2,7-10,24H,3-6H2,(H,22,25). The van der Waals surface area contributed by atoms with Gasteiger partial charge in [0.05, 0.1) is 28.2 Å². The van der Waals surface area contributed by atoms with Crippen LogP contribution in [-0.4, -0.2) is 50.0 Å². The summed E-state index contributed by atoms with van der Waals surface area (Å²) < 4.78 is 32.5. The molecule has 152 valence electrons. The van der Waals surface area contributed by atoms with Gasteiger partial charge in [0.15, 0.2) is 5.75 Å². The Labute approximate surface area is 177 Å². The summed E-state index contributed by atoms with van der Waals surface area (Å²) in [7, 11) is -3.70. The van der Waals surface area contributed by atoms with Crippen LogP contribution in [0.15, 0.2) is 35.2 Å². The third-order valence-corrected chi connectivity index (χ3v) is 7.20. The molecule has 0 bridgehead atoms. The Morgan fingerprint density at radius 3 is 2.41 bits per heavy atom. The molecule has 2 aromatic rings. The maximum Gasteiger partial charge on any atom is 0.256 e. The van der Waals surface area contributed by atoms with E-state index in [0.29, 0.717) is 30.0 Å². The van der Waals surface area contributed by atoms with Gasteiger partial charge in [-0.05, 0) is 42.0 Å². The van der Waals surface area contributed by atoms with Crippen molar-refractivity contribution in [2.24, 2.45) is 0 Å². The number of fused-ring (bicyclic) bond motifs is 1. The Balaban J connectivity index is 1.76. The smallest absolute Gasteiger partial charge is 0.256 e. The van der Waals surface area contributed by atoms with Gasteiger partial charge in [0.2, 0.25) is 10.0 Å². The molecule has 7 nitrogen and oxygen atoms in total. The number of nitrogens with one attached hydrogen (secondary N) is 1. The van der Waals surface area contributed by atoms with Gasteiger partial charge in [-0.2, -0.15) is 4.31 Å². The molecule has 2 N–H and O–H groups in total. The molecule has 2 aliphatic rings. The van der Waals surface area contributed by atoms with E-state index >= 15 is 0 Å². The van der Waals surface area contributed by atoms with Crippen LogP contribution in [0.4, 0.5) is 5.69 Å². The van der Waals surface area contributed by atoms with Crippen LogP contribution in [0.3, 0.4) is 0 Å². The molecule has 2 aromatic carbocycles. The fourth-order valence-corrected chi connectivity index (χ4v) is 5.18. The number of nitrogens with zero attached hydrogens (tertiary/aromatic N) is 1. The van der Waals surface area contributed by atoms with Gasteiger partial charge in [0, 0.05) is 29.9 Å². The number of carbonyl (C=O) groups excluding carboxylic acids is 1. The van der Waals surface area contributed by atoms with E-state index in [4.69, 9.17) is 27.9 Å². The van der Waals surface area contributed by atoms with E-state index in [1.165, 1.54) is 28.6 Å². The van der Waals surface area contributed by atoms with Crippen molar-refractivity contribution in [1.29, 1.82) is 0 Å². The van der Waals surface area contributed by atoms with Crippen LogP contribution in [0.5, 0.6) is 5.75 Å². The predicted molar refractivity (Wildman–Crippen MR) is 111 cm³/mol. The number of sulfonamides is 1. The number of aromatic hydroxyl groups is 1. The topological polar surface area (TPSA) is 95.9 Å².